The molecule has 2 fully saturated rings. The molecule has 2 saturated carbocycles. The van der Waals surface area contributed by atoms with Crippen LogP contribution in [0.5, 0.6) is 0 Å². The van der Waals surface area contributed by atoms with E-state index in [4.69, 9.17) is 16.0 Å². The quantitative estimate of drug-likeness (QED) is 0.536. The van der Waals surface area contributed by atoms with Crippen molar-refractivity contribution in [1.29, 1.82) is 0 Å². The zero-order valence-corrected chi connectivity index (χ0v) is 12.5. The van der Waals surface area contributed by atoms with Crippen LogP contribution in [0.4, 0.5) is 0 Å². The van der Waals surface area contributed by atoms with Crippen molar-refractivity contribution in [2.45, 2.75) is 24.6 Å². The van der Waals surface area contributed by atoms with Gasteiger partial charge in [0, 0.05) is 10.8 Å². The molecule has 3 aromatic rings. The summed E-state index contributed by atoms with van der Waals surface area (Å²) in [5.74, 6) is 2.62. The lowest BCUT2D eigenvalue weighted by Crippen LogP contribution is -2.05. The number of hydrogen-bond donors (Lipinski definition) is 0. The molecule has 0 radical (unpaired) electrons. The summed E-state index contributed by atoms with van der Waals surface area (Å²) in [6.07, 6.45) is 4.09. The van der Waals surface area contributed by atoms with Gasteiger partial charge in [0.15, 0.2) is 0 Å². The molecule has 21 heavy (non-hydrogen) atoms. The van der Waals surface area contributed by atoms with Crippen molar-refractivity contribution in [3.63, 3.8) is 0 Å². The number of rotatable bonds is 2. The molecule has 106 valence electrons. The van der Waals surface area contributed by atoms with Crippen molar-refractivity contribution in [3.05, 3.63) is 48.0 Å². The summed E-state index contributed by atoms with van der Waals surface area (Å²) in [6, 6.07) is 14.7. The highest BCUT2D eigenvalue weighted by Gasteiger charge is 2.47. The zero-order chi connectivity index (χ0) is 14.0. The molecule has 2 aliphatic rings. The van der Waals surface area contributed by atoms with E-state index < -0.39 is 0 Å². The first-order chi connectivity index (χ1) is 10.3. The van der Waals surface area contributed by atoms with E-state index in [0.717, 1.165) is 23.0 Å². The van der Waals surface area contributed by atoms with Crippen LogP contribution in [0.3, 0.4) is 0 Å². The molecule has 2 aromatic carbocycles. The Bertz CT molecular complexity index is 824. The minimum absolute atomic E-state index is 0.149. The first-order valence-corrected chi connectivity index (χ1v) is 8.28. The normalized spacial score (nSPS) is 28.9. The van der Waals surface area contributed by atoms with Crippen molar-refractivity contribution in [2.24, 2.45) is 17.8 Å². The molecule has 0 N–H and O–H groups in total. The van der Waals surface area contributed by atoms with Crippen LogP contribution in [-0.4, -0.2) is 0 Å². The second kappa shape index (κ2) is 4.27. The van der Waals surface area contributed by atoms with Gasteiger partial charge in [-0.25, -0.2) is 0 Å². The Morgan fingerprint density at radius 2 is 1.67 bits per heavy atom. The SMILES string of the molecule is ClC(c1ccc2oc3ccccc3c2c1)C1CC2CC2C1. The average molecular weight is 297 g/mol. The fraction of sp³-hybridized carbons (Fsp3) is 0.368. The van der Waals surface area contributed by atoms with Gasteiger partial charge in [0.2, 0.25) is 0 Å². The molecule has 0 amide bonds. The van der Waals surface area contributed by atoms with Gasteiger partial charge in [0.1, 0.15) is 11.2 Å². The maximum Gasteiger partial charge on any atom is 0.135 e. The highest BCUT2D eigenvalue weighted by Crippen LogP contribution is 2.58. The van der Waals surface area contributed by atoms with Gasteiger partial charge in [-0.15, -0.1) is 11.6 Å². The van der Waals surface area contributed by atoms with E-state index in [9.17, 15) is 0 Å². The molecule has 2 heteroatoms. The maximum absolute atomic E-state index is 6.79. The van der Waals surface area contributed by atoms with Crippen molar-refractivity contribution in [2.75, 3.05) is 0 Å². The molecular weight excluding hydrogens is 280 g/mol. The number of benzene rings is 2. The standard InChI is InChI=1S/C19H17ClO/c20-19(14-8-12-7-13(12)9-14)11-5-6-18-16(10-11)15-3-1-2-4-17(15)21-18/h1-6,10,12-14,19H,7-9H2. The summed E-state index contributed by atoms with van der Waals surface area (Å²) < 4.78 is 5.89. The fourth-order valence-corrected chi connectivity index (χ4v) is 4.53. The predicted molar refractivity (Wildman–Crippen MR) is 86.6 cm³/mol. The van der Waals surface area contributed by atoms with Crippen LogP contribution in [0.1, 0.15) is 30.2 Å². The van der Waals surface area contributed by atoms with Gasteiger partial charge in [-0.1, -0.05) is 24.3 Å². The second-order valence-corrected chi connectivity index (χ2v) is 7.21. The van der Waals surface area contributed by atoms with Crippen LogP contribution in [0.15, 0.2) is 46.9 Å². The third kappa shape index (κ3) is 1.83. The number of furan rings is 1. The summed E-state index contributed by atoms with van der Waals surface area (Å²) in [6.45, 7) is 0. The third-order valence-corrected chi connectivity index (χ3v) is 6.02. The van der Waals surface area contributed by atoms with Crippen molar-refractivity contribution in [1.82, 2.24) is 0 Å². The molecule has 1 heterocycles. The Labute approximate surface area is 128 Å². The van der Waals surface area contributed by atoms with E-state index in [-0.39, 0.29) is 5.38 Å². The van der Waals surface area contributed by atoms with E-state index >= 15 is 0 Å². The zero-order valence-electron chi connectivity index (χ0n) is 11.8. The van der Waals surface area contributed by atoms with E-state index in [1.54, 1.807) is 0 Å². The Morgan fingerprint density at radius 3 is 2.52 bits per heavy atom. The van der Waals surface area contributed by atoms with Gasteiger partial charge >= 0.3 is 0 Å². The van der Waals surface area contributed by atoms with E-state index in [1.165, 1.54) is 35.6 Å². The largest absolute Gasteiger partial charge is 0.456 e. The smallest absolute Gasteiger partial charge is 0.135 e. The number of hydrogen-bond acceptors (Lipinski definition) is 1. The van der Waals surface area contributed by atoms with Crippen LogP contribution in [0.2, 0.25) is 0 Å². The predicted octanol–water partition coefficient (Wildman–Crippen LogP) is 5.91. The molecule has 2 aliphatic carbocycles. The molecule has 3 unspecified atom stereocenters. The van der Waals surface area contributed by atoms with Gasteiger partial charge in [-0.05, 0) is 60.8 Å². The number of halogens is 1. The van der Waals surface area contributed by atoms with E-state index in [0.29, 0.717) is 5.92 Å². The van der Waals surface area contributed by atoms with Gasteiger partial charge in [0.05, 0.1) is 5.38 Å². The Morgan fingerprint density at radius 1 is 0.905 bits per heavy atom. The van der Waals surface area contributed by atoms with Crippen LogP contribution in [0, 0.1) is 17.8 Å². The number of fused-ring (bicyclic) bond motifs is 4. The summed E-state index contributed by atoms with van der Waals surface area (Å²) in [4.78, 5) is 0. The lowest BCUT2D eigenvalue weighted by molar-refractivity contribution is 0.471. The molecule has 5 rings (SSSR count). The summed E-state index contributed by atoms with van der Waals surface area (Å²) in [5, 5.41) is 2.53. The van der Waals surface area contributed by atoms with E-state index in [2.05, 4.69) is 30.3 Å². The highest BCUT2D eigenvalue weighted by atomic mass is 35.5. The molecule has 0 spiro atoms. The van der Waals surface area contributed by atoms with Crippen LogP contribution < -0.4 is 0 Å². The van der Waals surface area contributed by atoms with Crippen LogP contribution >= 0.6 is 11.6 Å². The molecule has 0 bridgehead atoms. The number of alkyl halides is 1. The number of para-hydroxylation sites is 1. The second-order valence-electron chi connectivity index (χ2n) is 6.74. The summed E-state index contributed by atoms with van der Waals surface area (Å²) in [7, 11) is 0. The Balaban J connectivity index is 1.58. The minimum atomic E-state index is 0.149. The highest BCUT2D eigenvalue weighted by molar-refractivity contribution is 6.21. The molecule has 0 saturated heterocycles. The van der Waals surface area contributed by atoms with Crippen molar-refractivity contribution in [3.8, 4) is 0 Å². The molecule has 1 aromatic heterocycles. The minimum Gasteiger partial charge on any atom is -0.456 e. The lowest BCUT2D eigenvalue weighted by atomic mass is 9.93. The van der Waals surface area contributed by atoms with Crippen LogP contribution in [0.25, 0.3) is 21.9 Å². The monoisotopic (exact) mass is 296 g/mol. The van der Waals surface area contributed by atoms with Crippen LogP contribution in [-0.2, 0) is 0 Å². The molecule has 1 nitrogen and oxygen atoms in total. The van der Waals surface area contributed by atoms with Gasteiger partial charge in [-0.2, -0.15) is 0 Å². The summed E-state index contributed by atoms with van der Waals surface area (Å²) >= 11 is 6.79. The van der Waals surface area contributed by atoms with E-state index in [1.807, 2.05) is 12.1 Å². The van der Waals surface area contributed by atoms with Gasteiger partial charge < -0.3 is 4.42 Å². The Kier molecular flexibility index (Phi) is 2.46. The molecular formula is C19H17ClO. The Hall–Kier alpha value is -1.47. The van der Waals surface area contributed by atoms with Gasteiger partial charge in [0.25, 0.3) is 0 Å². The molecule has 3 atom stereocenters. The van der Waals surface area contributed by atoms with Crippen molar-refractivity contribution < 1.29 is 4.42 Å². The first-order valence-electron chi connectivity index (χ1n) is 7.85. The topological polar surface area (TPSA) is 13.1 Å². The van der Waals surface area contributed by atoms with Gasteiger partial charge in [-0.3, -0.25) is 0 Å². The fourth-order valence-electron chi connectivity index (χ4n) is 4.19. The lowest BCUT2D eigenvalue weighted by Gasteiger charge is -2.19. The molecule has 0 aliphatic heterocycles. The first kappa shape index (κ1) is 12.1. The third-order valence-electron chi connectivity index (χ3n) is 5.41. The summed E-state index contributed by atoms with van der Waals surface area (Å²) in [5.41, 5.74) is 3.16. The van der Waals surface area contributed by atoms with Crippen molar-refractivity contribution >= 4 is 33.5 Å². The maximum atomic E-state index is 6.79. The average Bonchev–Trinajstić information content (AvgIpc) is 2.97.